The van der Waals surface area contributed by atoms with Gasteiger partial charge in [0.1, 0.15) is 0 Å². The number of nitrogens with zero attached hydrogens (tertiary/aromatic N) is 4. The Morgan fingerprint density at radius 2 is 1.53 bits per heavy atom. The lowest BCUT2D eigenvalue weighted by Gasteiger charge is -2.31. The number of carbonyl (C=O) groups is 1. The standard InChI is InChI=1S/C21H29N5O4/c1-23-17-12-15(22-19(27)14-25-8-10-30-11-9-25)16(26-6-4-3-5-7-26)13-18(17)24(2)21(29)20(23)28/h12-13H,3-11,14H2,1-2H3,(H,22,27). The normalized spacial score (nSPS) is 18.0. The van der Waals surface area contributed by atoms with Crippen LogP contribution in [-0.2, 0) is 23.6 Å². The van der Waals surface area contributed by atoms with Crippen LogP contribution in [0.5, 0.6) is 0 Å². The molecule has 1 aromatic heterocycles. The average Bonchev–Trinajstić information content (AvgIpc) is 2.77. The van der Waals surface area contributed by atoms with E-state index in [0.29, 0.717) is 36.5 Å². The van der Waals surface area contributed by atoms with E-state index in [4.69, 9.17) is 4.74 Å². The highest BCUT2D eigenvalue weighted by Gasteiger charge is 2.21. The first-order valence-corrected chi connectivity index (χ1v) is 10.5. The van der Waals surface area contributed by atoms with Crippen molar-refractivity contribution in [2.45, 2.75) is 19.3 Å². The predicted octanol–water partition coefficient (Wildman–Crippen LogP) is 0.498. The van der Waals surface area contributed by atoms with Crippen LogP contribution in [0.2, 0.25) is 0 Å². The molecule has 3 heterocycles. The molecule has 2 fully saturated rings. The van der Waals surface area contributed by atoms with Crippen LogP contribution in [0.3, 0.4) is 0 Å². The molecule has 0 bridgehead atoms. The second-order valence-electron chi connectivity index (χ2n) is 8.07. The Bertz CT molecular complexity index is 1060. The maximum atomic E-state index is 12.8. The number of fused-ring (bicyclic) bond motifs is 1. The second kappa shape index (κ2) is 8.61. The number of piperidine rings is 1. The molecule has 0 unspecified atom stereocenters. The van der Waals surface area contributed by atoms with Gasteiger partial charge in [0.2, 0.25) is 5.91 Å². The third-order valence-corrected chi connectivity index (χ3v) is 6.05. The summed E-state index contributed by atoms with van der Waals surface area (Å²) < 4.78 is 8.10. The summed E-state index contributed by atoms with van der Waals surface area (Å²) in [5.41, 5.74) is 1.72. The quantitative estimate of drug-likeness (QED) is 0.732. The number of carbonyl (C=O) groups excluding carboxylic acids is 1. The number of nitrogens with one attached hydrogen (secondary N) is 1. The van der Waals surface area contributed by atoms with Crippen molar-refractivity contribution in [1.29, 1.82) is 0 Å². The van der Waals surface area contributed by atoms with Crippen molar-refractivity contribution in [2.24, 2.45) is 14.1 Å². The van der Waals surface area contributed by atoms with E-state index in [0.717, 1.165) is 44.7 Å². The molecule has 2 aromatic rings. The van der Waals surface area contributed by atoms with E-state index in [-0.39, 0.29) is 5.91 Å². The largest absolute Gasteiger partial charge is 0.379 e. The predicted molar refractivity (Wildman–Crippen MR) is 116 cm³/mol. The molecule has 0 radical (unpaired) electrons. The molecule has 2 saturated heterocycles. The molecule has 4 rings (SSSR count). The number of anilines is 2. The minimum atomic E-state index is -0.582. The Balaban J connectivity index is 1.74. The molecule has 0 atom stereocenters. The topological polar surface area (TPSA) is 88.8 Å². The lowest BCUT2D eigenvalue weighted by Crippen LogP contribution is -2.41. The van der Waals surface area contributed by atoms with Crippen molar-refractivity contribution in [3.63, 3.8) is 0 Å². The van der Waals surface area contributed by atoms with Gasteiger partial charge in [0.05, 0.1) is 42.2 Å². The highest BCUT2D eigenvalue weighted by molar-refractivity contribution is 5.99. The summed E-state index contributed by atoms with van der Waals surface area (Å²) in [6.45, 7) is 4.85. The molecule has 0 spiro atoms. The van der Waals surface area contributed by atoms with Gasteiger partial charge >= 0.3 is 11.1 Å². The Labute approximate surface area is 174 Å². The van der Waals surface area contributed by atoms with Gasteiger partial charge in [-0.1, -0.05) is 0 Å². The second-order valence-corrected chi connectivity index (χ2v) is 8.07. The first-order chi connectivity index (χ1) is 14.5. The highest BCUT2D eigenvalue weighted by atomic mass is 16.5. The maximum Gasteiger partial charge on any atom is 0.316 e. The highest BCUT2D eigenvalue weighted by Crippen LogP contribution is 2.32. The van der Waals surface area contributed by atoms with Gasteiger partial charge in [0.25, 0.3) is 0 Å². The summed E-state index contributed by atoms with van der Waals surface area (Å²) in [4.78, 5) is 41.7. The van der Waals surface area contributed by atoms with Gasteiger partial charge in [-0.15, -0.1) is 0 Å². The van der Waals surface area contributed by atoms with Crippen LogP contribution in [0, 0.1) is 0 Å². The van der Waals surface area contributed by atoms with Gasteiger partial charge in [-0.2, -0.15) is 0 Å². The van der Waals surface area contributed by atoms with Crippen LogP contribution in [0.1, 0.15) is 19.3 Å². The fourth-order valence-corrected chi connectivity index (χ4v) is 4.26. The van der Waals surface area contributed by atoms with Crippen molar-refractivity contribution in [3.05, 3.63) is 32.8 Å². The molecular formula is C21H29N5O4. The molecule has 1 N–H and O–H groups in total. The number of hydrogen-bond donors (Lipinski definition) is 1. The fourth-order valence-electron chi connectivity index (χ4n) is 4.26. The van der Waals surface area contributed by atoms with E-state index in [1.165, 1.54) is 15.6 Å². The van der Waals surface area contributed by atoms with Gasteiger partial charge in [-0.3, -0.25) is 19.3 Å². The average molecular weight is 415 g/mol. The Morgan fingerprint density at radius 1 is 0.933 bits per heavy atom. The van der Waals surface area contributed by atoms with E-state index in [1.54, 1.807) is 14.1 Å². The van der Waals surface area contributed by atoms with E-state index in [1.807, 2.05) is 12.1 Å². The van der Waals surface area contributed by atoms with Crippen LogP contribution >= 0.6 is 0 Å². The summed E-state index contributed by atoms with van der Waals surface area (Å²) >= 11 is 0. The molecule has 0 aliphatic carbocycles. The maximum absolute atomic E-state index is 12.8. The third kappa shape index (κ3) is 3.99. The molecule has 9 nitrogen and oxygen atoms in total. The number of benzene rings is 1. The van der Waals surface area contributed by atoms with Crippen molar-refractivity contribution < 1.29 is 9.53 Å². The van der Waals surface area contributed by atoms with Gasteiger partial charge in [-0.05, 0) is 31.4 Å². The minimum absolute atomic E-state index is 0.0932. The molecule has 30 heavy (non-hydrogen) atoms. The molecule has 0 saturated carbocycles. The zero-order valence-corrected chi connectivity index (χ0v) is 17.6. The zero-order chi connectivity index (χ0) is 21.3. The van der Waals surface area contributed by atoms with Crippen LogP contribution in [-0.4, -0.2) is 65.9 Å². The van der Waals surface area contributed by atoms with Gasteiger partial charge in [0, 0.05) is 40.3 Å². The molecule has 1 aromatic carbocycles. The Morgan fingerprint density at radius 3 is 2.17 bits per heavy atom. The summed E-state index contributed by atoms with van der Waals surface area (Å²) in [7, 11) is 3.20. The van der Waals surface area contributed by atoms with Crippen molar-refractivity contribution in [1.82, 2.24) is 14.0 Å². The van der Waals surface area contributed by atoms with Crippen LogP contribution < -0.4 is 21.3 Å². The third-order valence-electron chi connectivity index (χ3n) is 6.05. The molecule has 1 amide bonds. The molecule has 2 aliphatic rings. The Kier molecular flexibility index (Phi) is 5.92. The van der Waals surface area contributed by atoms with Crippen LogP contribution in [0.4, 0.5) is 11.4 Å². The summed E-state index contributed by atoms with van der Waals surface area (Å²) in [5.74, 6) is -0.0932. The first-order valence-electron chi connectivity index (χ1n) is 10.5. The lowest BCUT2D eigenvalue weighted by molar-refractivity contribution is -0.118. The van der Waals surface area contributed by atoms with E-state index < -0.39 is 11.1 Å². The van der Waals surface area contributed by atoms with Gasteiger partial charge < -0.3 is 24.1 Å². The number of rotatable bonds is 4. The monoisotopic (exact) mass is 415 g/mol. The van der Waals surface area contributed by atoms with E-state index in [2.05, 4.69) is 15.1 Å². The molecule has 9 heteroatoms. The fraction of sp³-hybridized carbons (Fsp3) is 0.571. The first kappa shape index (κ1) is 20.6. The number of hydrogen-bond acceptors (Lipinski definition) is 6. The smallest absolute Gasteiger partial charge is 0.316 e. The van der Waals surface area contributed by atoms with E-state index in [9.17, 15) is 14.4 Å². The number of ether oxygens (including phenoxy) is 1. The summed E-state index contributed by atoms with van der Waals surface area (Å²) in [6, 6.07) is 3.74. The lowest BCUT2D eigenvalue weighted by atomic mass is 10.1. The number of aryl methyl sites for hydroxylation is 2. The van der Waals surface area contributed by atoms with Crippen LogP contribution in [0.25, 0.3) is 11.0 Å². The minimum Gasteiger partial charge on any atom is -0.379 e. The van der Waals surface area contributed by atoms with Crippen LogP contribution in [0.15, 0.2) is 21.7 Å². The number of amides is 1. The summed E-state index contributed by atoms with van der Waals surface area (Å²) in [5, 5.41) is 3.06. The molecule has 162 valence electrons. The molecular weight excluding hydrogens is 386 g/mol. The number of aromatic nitrogens is 2. The zero-order valence-electron chi connectivity index (χ0n) is 17.6. The van der Waals surface area contributed by atoms with E-state index >= 15 is 0 Å². The number of morpholine rings is 1. The van der Waals surface area contributed by atoms with Gasteiger partial charge in [-0.25, -0.2) is 0 Å². The van der Waals surface area contributed by atoms with Crippen molar-refractivity contribution in [3.8, 4) is 0 Å². The SMILES string of the molecule is Cn1c(=O)c(=O)n(C)c2cc(N3CCCCC3)c(NC(=O)CN3CCOCC3)cc21. The van der Waals surface area contributed by atoms with Crippen molar-refractivity contribution in [2.75, 3.05) is 56.2 Å². The Hall–Kier alpha value is -2.65. The summed E-state index contributed by atoms with van der Waals surface area (Å²) in [6.07, 6.45) is 3.37. The molecule has 2 aliphatic heterocycles. The van der Waals surface area contributed by atoms with Gasteiger partial charge in [0.15, 0.2) is 0 Å². The van der Waals surface area contributed by atoms with Crippen molar-refractivity contribution >= 4 is 28.3 Å².